The summed E-state index contributed by atoms with van der Waals surface area (Å²) >= 11 is 0. The van der Waals surface area contributed by atoms with E-state index in [2.05, 4.69) is 5.32 Å². The molecule has 1 aromatic rings. The minimum atomic E-state index is -0.230. The maximum atomic E-state index is 13.0. The smallest absolute Gasteiger partial charge is 0.220 e. The van der Waals surface area contributed by atoms with Gasteiger partial charge < -0.3 is 11.1 Å². The lowest BCUT2D eigenvalue weighted by atomic mass is 9.94. The number of nitrogens with two attached hydrogens (primary N) is 1. The van der Waals surface area contributed by atoms with Crippen LogP contribution in [0.25, 0.3) is 0 Å². The summed E-state index contributed by atoms with van der Waals surface area (Å²) in [5.41, 5.74) is 6.45. The van der Waals surface area contributed by atoms with Gasteiger partial charge in [-0.15, -0.1) is 0 Å². The highest BCUT2D eigenvalue weighted by molar-refractivity contribution is 5.75. The summed E-state index contributed by atoms with van der Waals surface area (Å²) in [6, 6.07) is 6.49. The zero-order valence-electron chi connectivity index (χ0n) is 11.7. The monoisotopic (exact) mass is 266 g/mol. The third-order valence-electron chi connectivity index (χ3n) is 3.08. The number of hydrogen-bond donors (Lipinski definition) is 2. The summed E-state index contributed by atoms with van der Waals surface area (Å²) in [4.78, 5) is 11.6. The number of rotatable bonds is 7. The Hall–Kier alpha value is -1.42. The second-order valence-electron chi connectivity index (χ2n) is 5.63. The molecule has 3 nitrogen and oxygen atoms in total. The van der Waals surface area contributed by atoms with E-state index in [1.54, 1.807) is 6.07 Å². The van der Waals surface area contributed by atoms with Gasteiger partial charge in [-0.1, -0.05) is 26.0 Å². The van der Waals surface area contributed by atoms with Crippen LogP contribution in [0.5, 0.6) is 0 Å². The molecule has 0 aliphatic rings. The fourth-order valence-electron chi connectivity index (χ4n) is 1.64. The van der Waals surface area contributed by atoms with Crippen molar-refractivity contribution in [1.82, 2.24) is 5.32 Å². The molecular weight excluding hydrogens is 243 g/mol. The van der Waals surface area contributed by atoms with Crippen molar-refractivity contribution in [2.45, 2.75) is 33.1 Å². The first-order valence-electron chi connectivity index (χ1n) is 6.64. The number of hydrogen-bond acceptors (Lipinski definition) is 2. The molecule has 0 heterocycles. The molecule has 0 fully saturated rings. The molecular formula is C15H23FN2O. The second kappa shape index (κ2) is 7.24. The molecule has 1 rings (SSSR count). The van der Waals surface area contributed by atoms with Crippen LogP contribution in [0.3, 0.4) is 0 Å². The van der Waals surface area contributed by atoms with Crippen LogP contribution in [-0.2, 0) is 11.2 Å². The Balaban J connectivity index is 2.24. The first-order chi connectivity index (χ1) is 8.93. The molecule has 0 bridgehead atoms. The van der Waals surface area contributed by atoms with Crippen LogP contribution in [0.4, 0.5) is 4.39 Å². The molecule has 0 spiro atoms. The van der Waals surface area contributed by atoms with E-state index in [0.717, 1.165) is 12.0 Å². The van der Waals surface area contributed by atoms with Crippen molar-refractivity contribution in [3.63, 3.8) is 0 Å². The molecule has 1 aromatic carbocycles. The molecule has 19 heavy (non-hydrogen) atoms. The summed E-state index contributed by atoms with van der Waals surface area (Å²) in [5, 5.41) is 2.88. The third kappa shape index (κ3) is 6.34. The van der Waals surface area contributed by atoms with Crippen molar-refractivity contribution in [2.75, 3.05) is 13.1 Å². The highest BCUT2D eigenvalue weighted by Crippen LogP contribution is 2.11. The number of aryl methyl sites for hydroxylation is 1. The predicted octanol–water partition coefficient (Wildman–Crippen LogP) is 2.25. The van der Waals surface area contributed by atoms with E-state index in [4.69, 9.17) is 5.73 Å². The van der Waals surface area contributed by atoms with Gasteiger partial charge in [0.2, 0.25) is 5.91 Å². The maximum Gasteiger partial charge on any atom is 0.220 e. The van der Waals surface area contributed by atoms with Crippen LogP contribution < -0.4 is 11.1 Å². The van der Waals surface area contributed by atoms with Crippen LogP contribution in [0, 0.1) is 11.2 Å². The van der Waals surface area contributed by atoms with Gasteiger partial charge in [-0.3, -0.25) is 4.79 Å². The molecule has 0 atom stereocenters. The summed E-state index contributed by atoms with van der Waals surface area (Å²) in [6.07, 6.45) is 1.89. The molecule has 0 saturated carbocycles. The number of benzene rings is 1. The van der Waals surface area contributed by atoms with Gasteiger partial charge in [0.15, 0.2) is 0 Å². The molecule has 0 aromatic heterocycles. The predicted molar refractivity (Wildman–Crippen MR) is 75.2 cm³/mol. The Labute approximate surface area is 114 Å². The van der Waals surface area contributed by atoms with Gasteiger partial charge in [-0.25, -0.2) is 4.39 Å². The second-order valence-corrected chi connectivity index (χ2v) is 5.63. The Bertz CT molecular complexity index is 418. The largest absolute Gasteiger partial charge is 0.356 e. The average Bonchev–Trinajstić information content (AvgIpc) is 2.37. The van der Waals surface area contributed by atoms with Gasteiger partial charge in [-0.05, 0) is 42.5 Å². The Morgan fingerprint density at radius 1 is 1.42 bits per heavy atom. The average molecular weight is 266 g/mol. The van der Waals surface area contributed by atoms with Crippen molar-refractivity contribution >= 4 is 5.91 Å². The molecule has 0 aliphatic carbocycles. The van der Waals surface area contributed by atoms with Crippen molar-refractivity contribution in [3.8, 4) is 0 Å². The van der Waals surface area contributed by atoms with Gasteiger partial charge in [0.25, 0.3) is 0 Å². The summed E-state index contributed by atoms with van der Waals surface area (Å²) in [7, 11) is 0. The highest BCUT2D eigenvalue weighted by Gasteiger charge is 2.16. The number of carbonyl (C=O) groups is 1. The standard InChI is InChI=1S/C15H23FN2O/c1-15(2,10-17)11-18-14(19)8-4-6-12-5-3-7-13(16)9-12/h3,5,7,9H,4,6,8,10-11,17H2,1-2H3,(H,18,19). The van der Waals surface area contributed by atoms with Crippen molar-refractivity contribution in [3.05, 3.63) is 35.6 Å². The van der Waals surface area contributed by atoms with Crippen molar-refractivity contribution in [1.29, 1.82) is 0 Å². The van der Waals surface area contributed by atoms with Gasteiger partial charge in [0.05, 0.1) is 0 Å². The van der Waals surface area contributed by atoms with Crippen LogP contribution in [-0.4, -0.2) is 19.0 Å². The molecule has 106 valence electrons. The molecule has 0 radical (unpaired) electrons. The topological polar surface area (TPSA) is 55.1 Å². The van der Waals surface area contributed by atoms with E-state index in [-0.39, 0.29) is 17.1 Å². The number of amides is 1. The first kappa shape index (κ1) is 15.6. The van der Waals surface area contributed by atoms with E-state index in [1.807, 2.05) is 19.9 Å². The highest BCUT2D eigenvalue weighted by atomic mass is 19.1. The van der Waals surface area contributed by atoms with Crippen LogP contribution in [0.2, 0.25) is 0 Å². The normalized spacial score (nSPS) is 11.4. The van der Waals surface area contributed by atoms with Gasteiger partial charge in [0, 0.05) is 13.0 Å². The Morgan fingerprint density at radius 3 is 2.79 bits per heavy atom. The fraction of sp³-hybridized carbons (Fsp3) is 0.533. The quantitative estimate of drug-likeness (QED) is 0.795. The minimum absolute atomic E-state index is 0.0259. The number of nitrogens with one attached hydrogen (secondary N) is 1. The molecule has 1 amide bonds. The van der Waals surface area contributed by atoms with Crippen molar-refractivity contribution < 1.29 is 9.18 Å². The summed E-state index contributed by atoms with van der Waals surface area (Å²) in [5.74, 6) is -0.204. The van der Waals surface area contributed by atoms with Gasteiger partial charge in [0.1, 0.15) is 5.82 Å². The van der Waals surface area contributed by atoms with Crippen LogP contribution >= 0.6 is 0 Å². The maximum absolute atomic E-state index is 13.0. The van der Waals surface area contributed by atoms with Crippen molar-refractivity contribution in [2.24, 2.45) is 11.1 Å². The molecule has 0 unspecified atom stereocenters. The summed E-state index contributed by atoms with van der Waals surface area (Å²) in [6.45, 7) is 5.15. The summed E-state index contributed by atoms with van der Waals surface area (Å²) < 4.78 is 13.0. The first-order valence-corrected chi connectivity index (χ1v) is 6.64. The number of halogens is 1. The van der Waals surface area contributed by atoms with Gasteiger partial charge in [-0.2, -0.15) is 0 Å². The molecule has 0 saturated heterocycles. The fourth-order valence-corrected chi connectivity index (χ4v) is 1.64. The Morgan fingerprint density at radius 2 is 2.16 bits per heavy atom. The molecule has 4 heteroatoms. The molecule has 0 aliphatic heterocycles. The zero-order chi connectivity index (χ0) is 14.3. The lowest BCUT2D eigenvalue weighted by Crippen LogP contribution is -2.38. The van der Waals surface area contributed by atoms with Crippen LogP contribution in [0.15, 0.2) is 24.3 Å². The Kier molecular flexibility index (Phi) is 5.96. The zero-order valence-corrected chi connectivity index (χ0v) is 11.7. The van der Waals surface area contributed by atoms with E-state index in [0.29, 0.717) is 25.9 Å². The van der Waals surface area contributed by atoms with E-state index < -0.39 is 0 Å². The third-order valence-corrected chi connectivity index (χ3v) is 3.08. The lowest BCUT2D eigenvalue weighted by molar-refractivity contribution is -0.121. The molecule has 3 N–H and O–H groups in total. The van der Waals surface area contributed by atoms with E-state index >= 15 is 0 Å². The van der Waals surface area contributed by atoms with Crippen LogP contribution in [0.1, 0.15) is 32.3 Å². The number of carbonyl (C=O) groups excluding carboxylic acids is 1. The van der Waals surface area contributed by atoms with E-state index in [1.165, 1.54) is 12.1 Å². The van der Waals surface area contributed by atoms with E-state index in [9.17, 15) is 9.18 Å². The minimum Gasteiger partial charge on any atom is -0.356 e. The SMILES string of the molecule is CC(C)(CN)CNC(=O)CCCc1cccc(F)c1. The lowest BCUT2D eigenvalue weighted by Gasteiger charge is -2.22. The van der Waals surface area contributed by atoms with Gasteiger partial charge >= 0.3 is 0 Å².